The minimum atomic E-state index is -0.488. The summed E-state index contributed by atoms with van der Waals surface area (Å²) in [6.45, 7) is 3.78. The molecule has 6 heteroatoms. The lowest BCUT2D eigenvalue weighted by Crippen LogP contribution is -2.47. The van der Waals surface area contributed by atoms with E-state index in [1.807, 2.05) is 32.2 Å². The maximum Gasteiger partial charge on any atom is 0.251 e. The first-order valence-corrected chi connectivity index (χ1v) is 7.14. The fourth-order valence-electron chi connectivity index (χ4n) is 1.61. The molecule has 0 bridgehead atoms. The number of rotatable bonds is 5. The lowest BCUT2D eigenvalue weighted by molar-refractivity contribution is 0.0938. The number of nitrogens with one attached hydrogen (secondary N) is 1. The van der Waals surface area contributed by atoms with Gasteiger partial charge in [-0.15, -0.1) is 11.8 Å². The van der Waals surface area contributed by atoms with Crippen LogP contribution >= 0.6 is 11.8 Å². The van der Waals surface area contributed by atoms with Crippen molar-refractivity contribution in [2.45, 2.75) is 24.8 Å². The van der Waals surface area contributed by atoms with Crippen molar-refractivity contribution in [3.8, 4) is 0 Å². The molecule has 0 saturated heterocycles. The van der Waals surface area contributed by atoms with Crippen LogP contribution in [-0.4, -0.2) is 29.2 Å². The number of hydrogen-bond acceptors (Lipinski definition) is 4. The maximum absolute atomic E-state index is 12.1. The number of carbonyl (C=O) groups is 1. The molecular weight excluding hydrogens is 262 g/mol. The molecule has 1 rings (SSSR count). The third-order valence-electron chi connectivity index (χ3n) is 2.74. The number of thioether (sulfide) groups is 1. The van der Waals surface area contributed by atoms with Crippen LogP contribution in [0.3, 0.4) is 0 Å². The van der Waals surface area contributed by atoms with Crippen molar-refractivity contribution in [1.82, 2.24) is 5.32 Å². The first-order valence-electron chi connectivity index (χ1n) is 5.92. The first-order chi connectivity index (χ1) is 8.99. The molecule has 4 N–H and O–H groups in total. The van der Waals surface area contributed by atoms with E-state index in [9.17, 15) is 4.79 Å². The Labute approximate surface area is 117 Å². The van der Waals surface area contributed by atoms with Gasteiger partial charge in [-0.2, -0.15) is 0 Å². The number of nitrogens with two attached hydrogens (primary N) is 1. The normalized spacial score (nSPS) is 13.4. The third kappa shape index (κ3) is 4.17. The quantitative estimate of drug-likeness (QED) is 0.253. The lowest BCUT2D eigenvalue weighted by atomic mass is 10.0. The van der Waals surface area contributed by atoms with Crippen molar-refractivity contribution in [2.75, 3.05) is 6.26 Å². The van der Waals surface area contributed by atoms with Crippen LogP contribution in [0.2, 0.25) is 0 Å². The molecule has 0 aliphatic rings. The van der Waals surface area contributed by atoms with Crippen LogP contribution in [0.25, 0.3) is 0 Å². The summed E-state index contributed by atoms with van der Waals surface area (Å²) in [6, 6.07) is 6.79. The third-order valence-corrected chi connectivity index (χ3v) is 3.48. The van der Waals surface area contributed by atoms with E-state index in [4.69, 9.17) is 10.9 Å². The van der Waals surface area contributed by atoms with E-state index in [2.05, 4.69) is 10.5 Å². The summed E-state index contributed by atoms with van der Waals surface area (Å²) < 4.78 is 0. The molecule has 5 nitrogen and oxygen atoms in total. The molecule has 0 fully saturated rings. The number of nitrogens with zero attached hydrogens (tertiary/aromatic N) is 1. The highest BCUT2D eigenvalue weighted by Crippen LogP contribution is 2.15. The standard InChI is InChI=1S/C13H19N3O2S/c1-8(2)11(12(14)16-18)15-13(17)9-4-6-10(19-3)7-5-9/h4-8,11,18H,1-3H3,(H2,14,16)(H,15,17). The molecule has 1 aromatic carbocycles. The SMILES string of the molecule is CSc1ccc(C(=O)NC(C(N)=NO)C(C)C)cc1. The largest absolute Gasteiger partial charge is 0.409 e. The van der Waals surface area contributed by atoms with Crippen molar-refractivity contribution < 1.29 is 10.0 Å². The molecule has 0 aliphatic carbocycles. The molecule has 19 heavy (non-hydrogen) atoms. The Bertz CT molecular complexity index is 457. The Balaban J connectivity index is 2.81. The van der Waals surface area contributed by atoms with Crippen LogP contribution in [0, 0.1) is 5.92 Å². The zero-order valence-corrected chi connectivity index (χ0v) is 12.1. The summed E-state index contributed by atoms with van der Waals surface area (Å²) in [5, 5.41) is 14.4. The molecule has 0 aromatic heterocycles. The first kappa shape index (κ1) is 15.4. The smallest absolute Gasteiger partial charge is 0.251 e. The Morgan fingerprint density at radius 1 is 1.37 bits per heavy atom. The van der Waals surface area contributed by atoms with Gasteiger partial charge in [0.15, 0.2) is 5.84 Å². The molecule has 1 aromatic rings. The van der Waals surface area contributed by atoms with Gasteiger partial charge in [0.1, 0.15) is 0 Å². The molecule has 104 valence electrons. The number of amides is 1. The van der Waals surface area contributed by atoms with Gasteiger partial charge in [-0.25, -0.2) is 0 Å². The Morgan fingerprint density at radius 2 is 1.95 bits per heavy atom. The summed E-state index contributed by atoms with van der Waals surface area (Å²) in [5.74, 6) is -0.202. The predicted octanol–water partition coefficient (Wildman–Crippen LogP) is 1.91. The summed E-state index contributed by atoms with van der Waals surface area (Å²) >= 11 is 1.61. The van der Waals surface area contributed by atoms with Gasteiger partial charge >= 0.3 is 0 Å². The van der Waals surface area contributed by atoms with E-state index in [0.717, 1.165) is 4.90 Å². The second kappa shape index (κ2) is 7.04. The van der Waals surface area contributed by atoms with Gasteiger partial charge in [0, 0.05) is 10.5 Å². The van der Waals surface area contributed by atoms with Crippen LogP contribution < -0.4 is 11.1 Å². The second-order valence-corrected chi connectivity index (χ2v) is 5.33. The number of hydrogen-bond donors (Lipinski definition) is 3. The van der Waals surface area contributed by atoms with Crippen molar-refractivity contribution in [3.05, 3.63) is 29.8 Å². The van der Waals surface area contributed by atoms with E-state index in [1.54, 1.807) is 23.9 Å². The number of amidine groups is 1. The molecule has 1 unspecified atom stereocenters. The van der Waals surface area contributed by atoms with Crippen molar-refractivity contribution in [2.24, 2.45) is 16.8 Å². The van der Waals surface area contributed by atoms with Gasteiger partial charge in [-0.1, -0.05) is 19.0 Å². The van der Waals surface area contributed by atoms with E-state index < -0.39 is 6.04 Å². The average molecular weight is 281 g/mol. The monoisotopic (exact) mass is 281 g/mol. The van der Waals surface area contributed by atoms with E-state index in [-0.39, 0.29) is 17.7 Å². The van der Waals surface area contributed by atoms with Crippen molar-refractivity contribution in [1.29, 1.82) is 0 Å². The summed E-state index contributed by atoms with van der Waals surface area (Å²) in [5.41, 5.74) is 6.12. The van der Waals surface area contributed by atoms with Crippen molar-refractivity contribution in [3.63, 3.8) is 0 Å². The van der Waals surface area contributed by atoms with E-state index in [0.29, 0.717) is 5.56 Å². The fraction of sp³-hybridized carbons (Fsp3) is 0.385. The van der Waals surface area contributed by atoms with Crippen LogP contribution in [0.5, 0.6) is 0 Å². The predicted molar refractivity (Wildman–Crippen MR) is 77.7 cm³/mol. The summed E-state index contributed by atoms with van der Waals surface area (Å²) in [4.78, 5) is 13.2. The molecule has 0 heterocycles. The molecule has 0 saturated carbocycles. The van der Waals surface area contributed by atoms with Gasteiger partial charge in [0.05, 0.1) is 6.04 Å². The molecule has 0 aliphatic heterocycles. The number of carbonyl (C=O) groups excluding carboxylic acids is 1. The minimum absolute atomic E-state index is 0.00378. The van der Waals surface area contributed by atoms with Crippen LogP contribution in [0.1, 0.15) is 24.2 Å². The average Bonchev–Trinajstić information content (AvgIpc) is 2.43. The van der Waals surface area contributed by atoms with Gasteiger partial charge in [0.2, 0.25) is 0 Å². The Morgan fingerprint density at radius 3 is 2.37 bits per heavy atom. The summed E-state index contributed by atoms with van der Waals surface area (Å²) in [7, 11) is 0. The minimum Gasteiger partial charge on any atom is -0.409 e. The van der Waals surface area contributed by atoms with Gasteiger partial charge in [-0.05, 0) is 36.4 Å². The van der Waals surface area contributed by atoms with Gasteiger partial charge in [0.25, 0.3) is 5.91 Å². The highest BCUT2D eigenvalue weighted by atomic mass is 32.2. The molecular formula is C13H19N3O2S. The highest BCUT2D eigenvalue weighted by molar-refractivity contribution is 7.98. The fourth-order valence-corrected chi connectivity index (χ4v) is 2.02. The van der Waals surface area contributed by atoms with Gasteiger partial charge < -0.3 is 16.3 Å². The molecule has 1 atom stereocenters. The maximum atomic E-state index is 12.1. The van der Waals surface area contributed by atoms with Gasteiger partial charge in [-0.3, -0.25) is 4.79 Å². The van der Waals surface area contributed by atoms with Crippen LogP contribution in [0.15, 0.2) is 34.3 Å². The van der Waals surface area contributed by atoms with Crippen LogP contribution in [0.4, 0.5) is 0 Å². The zero-order valence-electron chi connectivity index (χ0n) is 11.3. The van der Waals surface area contributed by atoms with Crippen LogP contribution in [-0.2, 0) is 0 Å². The van der Waals surface area contributed by atoms with E-state index in [1.165, 1.54) is 0 Å². The van der Waals surface area contributed by atoms with Crippen molar-refractivity contribution >= 4 is 23.5 Å². The molecule has 1 amide bonds. The Hall–Kier alpha value is -1.69. The molecule has 0 radical (unpaired) electrons. The lowest BCUT2D eigenvalue weighted by Gasteiger charge is -2.20. The Kier molecular flexibility index (Phi) is 5.69. The topological polar surface area (TPSA) is 87.7 Å². The van der Waals surface area contributed by atoms with E-state index >= 15 is 0 Å². The summed E-state index contributed by atoms with van der Waals surface area (Å²) in [6.07, 6.45) is 1.97. The highest BCUT2D eigenvalue weighted by Gasteiger charge is 2.21. The second-order valence-electron chi connectivity index (χ2n) is 4.45. The number of oxime groups is 1. The zero-order chi connectivity index (χ0) is 14.4. The number of benzene rings is 1. The molecule has 0 spiro atoms.